The average molecular weight is 299 g/mol. The van der Waals surface area contributed by atoms with E-state index in [2.05, 4.69) is 35.0 Å². The van der Waals surface area contributed by atoms with E-state index in [1.165, 1.54) is 5.69 Å². The van der Waals surface area contributed by atoms with Crippen LogP contribution in [-0.4, -0.2) is 27.1 Å². The van der Waals surface area contributed by atoms with Gasteiger partial charge in [0.1, 0.15) is 5.76 Å². The Hall–Kier alpha value is -2.04. The molecule has 0 saturated heterocycles. The SMILES string of the molecule is CCC1c2cccn2CCN1C(=O)c1noc2c1CCCC2. The maximum absolute atomic E-state index is 13.0. The predicted octanol–water partition coefficient (Wildman–Crippen LogP) is 2.96. The highest BCUT2D eigenvalue weighted by atomic mass is 16.5. The predicted molar refractivity (Wildman–Crippen MR) is 81.6 cm³/mol. The highest BCUT2D eigenvalue weighted by molar-refractivity contribution is 5.94. The molecule has 1 amide bonds. The summed E-state index contributed by atoms with van der Waals surface area (Å²) in [6.45, 7) is 3.72. The standard InChI is InChI=1S/C17H21N3O2/c1-2-13-14-7-5-9-19(14)10-11-20(13)17(21)16-12-6-3-4-8-15(12)22-18-16/h5,7,9,13H,2-4,6,8,10-11H2,1H3. The second-order valence-electron chi connectivity index (χ2n) is 6.19. The number of nitrogens with zero attached hydrogens (tertiary/aromatic N) is 3. The van der Waals surface area contributed by atoms with Gasteiger partial charge in [0.2, 0.25) is 0 Å². The van der Waals surface area contributed by atoms with Crippen molar-refractivity contribution in [3.63, 3.8) is 0 Å². The van der Waals surface area contributed by atoms with Crippen molar-refractivity contribution in [3.8, 4) is 0 Å². The summed E-state index contributed by atoms with van der Waals surface area (Å²) in [5, 5.41) is 4.11. The molecule has 1 aliphatic carbocycles. The molecule has 1 aliphatic heterocycles. The van der Waals surface area contributed by atoms with Crippen LogP contribution in [0.25, 0.3) is 0 Å². The fourth-order valence-corrected chi connectivity index (χ4v) is 3.83. The van der Waals surface area contributed by atoms with E-state index in [0.29, 0.717) is 5.69 Å². The average Bonchev–Trinajstić information content (AvgIpc) is 3.19. The van der Waals surface area contributed by atoms with Gasteiger partial charge >= 0.3 is 0 Å². The Balaban J connectivity index is 1.67. The van der Waals surface area contributed by atoms with E-state index in [-0.39, 0.29) is 11.9 Å². The molecule has 1 atom stereocenters. The summed E-state index contributed by atoms with van der Waals surface area (Å²) in [7, 11) is 0. The zero-order valence-electron chi connectivity index (χ0n) is 12.9. The highest BCUT2D eigenvalue weighted by Gasteiger charge is 2.34. The second-order valence-corrected chi connectivity index (χ2v) is 6.19. The van der Waals surface area contributed by atoms with Crippen molar-refractivity contribution in [2.24, 2.45) is 0 Å². The zero-order valence-corrected chi connectivity index (χ0v) is 12.9. The van der Waals surface area contributed by atoms with Crippen LogP contribution in [0.3, 0.4) is 0 Å². The van der Waals surface area contributed by atoms with Gasteiger partial charge in [0.15, 0.2) is 5.69 Å². The summed E-state index contributed by atoms with van der Waals surface area (Å²) in [5.74, 6) is 0.953. The number of hydrogen-bond acceptors (Lipinski definition) is 3. The topological polar surface area (TPSA) is 51.3 Å². The van der Waals surface area contributed by atoms with E-state index in [0.717, 1.165) is 56.5 Å². The first-order valence-electron chi connectivity index (χ1n) is 8.23. The molecular weight excluding hydrogens is 278 g/mol. The largest absolute Gasteiger partial charge is 0.360 e. The molecule has 4 rings (SSSR count). The lowest BCUT2D eigenvalue weighted by molar-refractivity contribution is 0.0606. The van der Waals surface area contributed by atoms with Gasteiger partial charge in [-0.25, -0.2) is 0 Å². The van der Waals surface area contributed by atoms with Crippen molar-refractivity contribution >= 4 is 5.91 Å². The van der Waals surface area contributed by atoms with E-state index >= 15 is 0 Å². The summed E-state index contributed by atoms with van der Waals surface area (Å²) in [5.41, 5.74) is 2.82. The van der Waals surface area contributed by atoms with Gasteiger partial charge in [0, 0.05) is 37.0 Å². The quantitative estimate of drug-likeness (QED) is 0.856. The van der Waals surface area contributed by atoms with Crippen molar-refractivity contribution in [3.05, 3.63) is 41.0 Å². The molecule has 0 saturated carbocycles. The molecule has 1 unspecified atom stereocenters. The molecule has 0 bridgehead atoms. The molecule has 0 aromatic carbocycles. The van der Waals surface area contributed by atoms with Crippen molar-refractivity contribution in [1.82, 2.24) is 14.6 Å². The summed E-state index contributed by atoms with van der Waals surface area (Å²) in [4.78, 5) is 15.0. The molecule has 116 valence electrons. The molecular formula is C17H21N3O2. The molecule has 2 aliphatic rings. The molecule has 5 heteroatoms. The van der Waals surface area contributed by atoms with Crippen LogP contribution in [0.5, 0.6) is 0 Å². The van der Waals surface area contributed by atoms with Crippen molar-refractivity contribution in [1.29, 1.82) is 0 Å². The summed E-state index contributed by atoms with van der Waals surface area (Å²) >= 11 is 0. The Kier molecular flexibility index (Phi) is 3.28. The third-order valence-corrected chi connectivity index (χ3v) is 4.96. The van der Waals surface area contributed by atoms with Gasteiger partial charge in [0.25, 0.3) is 5.91 Å². The van der Waals surface area contributed by atoms with Crippen molar-refractivity contribution in [2.45, 2.75) is 51.6 Å². The fraction of sp³-hybridized carbons (Fsp3) is 0.529. The monoisotopic (exact) mass is 299 g/mol. The fourth-order valence-electron chi connectivity index (χ4n) is 3.83. The Morgan fingerprint density at radius 1 is 1.36 bits per heavy atom. The summed E-state index contributed by atoms with van der Waals surface area (Å²) in [6.07, 6.45) is 7.09. The van der Waals surface area contributed by atoms with Crippen molar-refractivity contribution < 1.29 is 9.32 Å². The molecule has 0 N–H and O–H groups in total. The van der Waals surface area contributed by atoms with E-state index < -0.39 is 0 Å². The van der Waals surface area contributed by atoms with Gasteiger partial charge in [-0.05, 0) is 37.8 Å². The molecule has 2 aromatic heterocycles. The number of rotatable bonds is 2. The van der Waals surface area contributed by atoms with Gasteiger partial charge < -0.3 is 14.0 Å². The maximum Gasteiger partial charge on any atom is 0.276 e. The summed E-state index contributed by atoms with van der Waals surface area (Å²) in [6, 6.07) is 4.31. The Morgan fingerprint density at radius 3 is 3.09 bits per heavy atom. The van der Waals surface area contributed by atoms with Gasteiger partial charge in [0.05, 0.1) is 6.04 Å². The molecule has 5 nitrogen and oxygen atoms in total. The first-order chi connectivity index (χ1) is 10.8. The number of amides is 1. The third kappa shape index (κ3) is 1.99. The first kappa shape index (κ1) is 13.6. The summed E-state index contributed by atoms with van der Waals surface area (Å²) < 4.78 is 7.67. The third-order valence-electron chi connectivity index (χ3n) is 4.96. The van der Waals surface area contributed by atoms with Gasteiger partial charge in [-0.15, -0.1) is 0 Å². The normalized spacial score (nSPS) is 20.6. The number of aryl methyl sites for hydroxylation is 1. The highest BCUT2D eigenvalue weighted by Crippen LogP contribution is 2.32. The maximum atomic E-state index is 13.0. The van der Waals surface area contributed by atoms with Gasteiger partial charge in [-0.2, -0.15) is 0 Å². The minimum atomic E-state index is 0.0335. The van der Waals surface area contributed by atoms with Crippen LogP contribution < -0.4 is 0 Å². The molecule has 0 fully saturated rings. The van der Waals surface area contributed by atoms with Crippen LogP contribution in [0.15, 0.2) is 22.9 Å². The van der Waals surface area contributed by atoms with Crippen LogP contribution in [0.4, 0.5) is 0 Å². The Morgan fingerprint density at radius 2 is 2.23 bits per heavy atom. The molecule has 22 heavy (non-hydrogen) atoms. The van der Waals surface area contributed by atoms with Crippen LogP contribution in [0, 0.1) is 0 Å². The zero-order chi connectivity index (χ0) is 15.1. The van der Waals surface area contributed by atoms with E-state index in [1.807, 2.05) is 4.90 Å². The molecule has 2 aromatic rings. The van der Waals surface area contributed by atoms with Crippen LogP contribution >= 0.6 is 0 Å². The van der Waals surface area contributed by atoms with Crippen LogP contribution in [0.1, 0.15) is 59.7 Å². The Bertz CT molecular complexity index is 701. The van der Waals surface area contributed by atoms with Crippen LogP contribution in [0.2, 0.25) is 0 Å². The lowest BCUT2D eigenvalue weighted by Crippen LogP contribution is -2.42. The van der Waals surface area contributed by atoms with Gasteiger partial charge in [-0.1, -0.05) is 12.1 Å². The first-order valence-corrected chi connectivity index (χ1v) is 8.23. The van der Waals surface area contributed by atoms with E-state index in [1.54, 1.807) is 0 Å². The smallest absolute Gasteiger partial charge is 0.276 e. The van der Waals surface area contributed by atoms with Crippen LogP contribution in [-0.2, 0) is 19.4 Å². The number of carbonyl (C=O) groups is 1. The number of fused-ring (bicyclic) bond motifs is 2. The lowest BCUT2D eigenvalue weighted by Gasteiger charge is -2.36. The number of carbonyl (C=O) groups excluding carboxylic acids is 1. The number of hydrogen-bond donors (Lipinski definition) is 0. The molecule has 0 radical (unpaired) electrons. The van der Waals surface area contributed by atoms with Gasteiger partial charge in [-0.3, -0.25) is 4.79 Å². The lowest BCUT2D eigenvalue weighted by atomic mass is 9.95. The van der Waals surface area contributed by atoms with E-state index in [9.17, 15) is 4.79 Å². The number of aromatic nitrogens is 2. The minimum Gasteiger partial charge on any atom is -0.360 e. The Labute approximate surface area is 129 Å². The van der Waals surface area contributed by atoms with E-state index in [4.69, 9.17) is 4.52 Å². The minimum absolute atomic E-state index is 0.0335. The van der Waals surface area contributed by atoms with Crippen molar-refractivity contribution in [2.75, 3.05) is 6.54 Å². The molecule has 0 spiro atoms. The molecule has 3 heterocycles. The second kappa shape index (κ2) is 5.30.